The van der Waals surface area contributed by atoms with Gasteiger partial charge in [0.25, 0.3) is 5.91 Å². The van der Waals surface area contributed by atoms with Crippen molar-refractivity contribution in [3.05, 3.63) is 84.4 Å². The summed E-state index contributed by atoms with van der Waals surface area (Å²) in [6, 6.07) is 25.3. The van der Waals surface area contributed by atoms with E-state index in [1.54, 1.807) is 7.11 Å². The molecule has 0 unspecified atom stereocenters. The lowest BCUT2D eigenvalue weighted by Crippen LogP contribution is -2.21. The Balaban J connectivity index is 1.40. The molecule has 0 radical (unpaired) electrons. The SMILES string of the molecule is CCN(CC)c1ccc(-c2nc3cc(NC(=O)c4cc5ccccc5cc4OC)ccc3o2)cc1. The molecule has 5 rings (SSSR count). The summed E-state index contributed by atoms with van der Waals surface area (Å²) in [7, 11) is 1.57. The van der Waals surface area contributed by atoms with Crippen LogP contribution in [-0.4, -0.2) is 31.1 Å². The Labute approximate surface area is 204 Å². The molecular weight excluding hydrogens is 438 g/mol. The van der Waals surface area contributed by atoms with E-state index in [-0.39, 0.29) is 5.91 Å². The van der Waals surface area contributed by atoms with E-state index in [1.807, 2.05) is 66.7 Å². The van der Waals surface area contributed by atoms with Crippen LogP contribution in [0.1, 0.15) is 24.2 Å². The van der Waals surface area contributed by atoms with Gasteiger partial charge < -0.3 is 19.4 Å². The summed E-state index contributed by atoms with van der Waals surface area (Å²) in [6.45, 7) is 6.20. The van der Waals surface area contributed by atoms with Gasteiger partial charge in [0.1, 0.15) is 11.3 Å². The highest BCUT2D eigenvalue weighted by Crippen LogP contribution is 2.30. The van der Waals surface area contributed by atoms with Gasteiger partial charge in [-0.2, -0.15) is 0 Å². The number of carbonyl (C=O) groups excluding carboxylic acids is 1. The van der Waals surface area contributed by atoms with Crippen LogP contribution in [0, 0.1) is 0 Å². The average molecular weight is 466 g/mol. The molecule has 176 valence electrons. The number of nitrogens with one attached hydrogen (secondary N) is 1. The van der Waals surface area contributed by atoms with Crippen molar-refractivity contribution < 1.29 is 13.9 Å². The summed E-state index contributed by atoms with van der Waals surface area (Å²) in [5.74, 6) is 0.826. The Morgan fingerprint density at radius 2 is 1.66 bits per heavy atom. The smallest absolute Gasteiger partial charge is 0.259 e. The van der Waals surface area contributed by atoms with Gasteiger partial charge in [-0.15, -0.1) is 0 Å². The number of anilines is 2. The molecule has 1 aromatic heterocycles. The van der Waals surface area contributed by atoms with E-state index in [0.717, 1.165) is 29.4 Å². The maximum atomic E-state index is 13.1. The standard InChI is InChI=1S/C29H27N3O3/c1-4-32(5-2)23-13-10-19(11-14-23)29-31-25-18-22(12-15-26(25)35-29)30-28(33)24-16-20-8-6-7-9-21(20)17-27(24)34-3/h6-18H,4-5H2,1-3H3,(H,30,33). The number of oxazole rings is 1. The Hall–Kier alpha value is -4.32. The van der Waals surface area contributed by atoms with Crippen LogP contribution < -0.4 is 15.0 Å². The third-order valence-corrected chi connectivity index (χ3v) is 6.20. The summed E-state index contributed by atoms with van der Waals surface area (Å²) < 4.78 is 11.5. The number of hydrogen-bond acceptors (Lipinski definition) is 5. The lowest BCUT2D eigenvalue weighted by molar-refractivity contribution is 0.102. The predicted molar refractivity (Wildman–Crippen MR) is 141 cm³/mol. The lowest BCUT2D eigenvalue weighted by atomic mass is 10.1. The quantitative estimate of drug-likeness (QED) is 0.288. The molecule has 4 aromatic carbocycles. The zero-order chi connectivity index (χ0) is 24.4. The van der Waals surface area contributed by atoms with E-state index in [2.05, 4.69) is 41.2 Å². The van der Waals surface area contributed by atoms with Crippen molar-refractivity contribution in [3.63, 3.8) is 0 Å². The molecule has 0 fully saturated rings. The molecule has 0 saturated carbocycles. The minimum absolute atomic E-state index is 0.248. The first-order chi connectivity index (χ1) is 17.1. The van der Waals surface area contributed by atoms with Gasteiger partial charge in [-0.3, -0.25) is 4.79 Å². The molecule has 6 nitrogen and oxygen atoms in total. The molecule has 35 heavy (non-hydrogen) atoms. The van der Waals surface area contributed by atoms with E-state index in [9.17, 15) is 4.79 Å². The van der Waals surface area contributed by atoms with Crippen molar-refractivity contribution in [2.45, 2.75) is 13.8 Å². The largest absolute Gasteiger partial charge is 0.496 e. The molecule has 1 amide bonds. The van der Waals surface area contributed by atoms with E-state index < -0.39 is 0 Å². The Morgan fingerprint density at radius 3 is 2.34 bits per heavy atom. The highest BCUT2D eigenvalue weighted by molar-refractivity contribution is 6.09. The van der Waals surface area contributed by atoms with Crippen LogP contribution in [-0.2, 0) is 0 Å². The highest BCUT2D eigenvalue weighted by Gasteiger charge is 2.15. The van der Waals surface area contributed by atoms with Gasteiger partial charge in [0, 0.05) is 30.0 Å². The van der Waals surface area contributed by atoms with Gasteiger partial charge in [-0.25, -0.2) is 4.98 Å². The fourth-order valence-electron chi connectivity index (χ4n) is 4.30. The third kappa shape index (κ3) is 4.43. The molecule has 0 bridgehead atoms. The molecule has 1 heterocycles. The van der Waals surface area contributed by atoms with Crippen LogP contribution in [0.15, 0.2) is 83.3 Å². The topological polar surface area (TPSA) is 67.6 Å². The average Bonchev–Trinajstić information content (AvgIpc) is 3.32. The fourth-order valence-corrected chi connectivity index (χ4v) is 4.30. The summed E-state index contributed by atoms with van der Waals surface area (Å²) in [5, 5.41) is 4.96. The molecule has 1 N–H and O–H groups in total. The molecule has 0 aliphatic carbocycles. The molecular formula is C29H27N3O3. The number of carbonyl (C=O) groups is 1. The van der Waals surface area contributed by atoms with E-state index >= 15 is 0 Å². The van der Waals surface area contributed by atoms with E-state index in [4.69, 9.17) is 9.15 Å². The summed E-state index contributed by atoms with van der Waals surface area (Å²) in [6.07, 6.45) is 0. The molecule has 0 aliphatic rings. The number of ether oxygens (including phenoxy) is 1. The van der Waals surface area contributed by atoms with Crippen molar-refractivity contribution in [2.24, 2.45) is 0 Å². The normalized spacial score (nSPS) is 11.1. The molecule has 0 atom stereocenters. The number of rotatable bonds is 7. The number of nitrogens with zero attached hydrogens (tertiary/aromatic N) is 2. The highest BCUT2D eigenvalue weighted by atomic mass is 16.5. The van der Waals surface area contributed by atoms with Gasteiger partial charge in [0.05, 0.1) is 12.7 Å². The van der Waals surface area contributed by atoms with Crippen molar-refractivity contribution >= 4 is 39.2 Å². The minimum Gasteiger partial charge on any atom is -0.496 e. The van der Waals surface area contributed by atoms with Gasteiger partial charge in [0.15, 0.2) is 5.58 Å². The van der Waals surface area contributed by atoms with Gasteiger partial charge in [-0.05, 0) is 79.2 Å². The van der Waals surface area contributed by atoms with Crippen LogP contribution >= 0.6 is 0 Å². The molecule has 5 aromatic rings. The maximum Gasteiger partial charge on any atom is 0.259 e. The van der Waals surface area contributed by atoms with Crippen LogP contribution in [0.5, 0.6) is 5.75 Å². The zero-order valence-electron chi connectivity index (χ0n) is 20.0. The summed E-state index contributed by atoms with van der Waals surface area (Å²) in [5.41, 5.74) is 4.52. The van der Waals surface area contributed by atoms with Gasteiger partial charge >= 0.3 is 0 Å². The maximum absolute atomic E-state index is 13.1. The Kier molecular flexibility index (Phi) is 6.10. The van der Waals surface area contributed by atoms with Gasteiger partial charge in [-0.1, -0.05) is 24.3 Å². The first-order valence-electron chi connectivity index (χ1n) is 11.7. The van der Waals surface area contributed by atoms with Crippen LogP contribution in [0.2, 0.25) is 0 Å². The van der Waals surface area contributed by atoms with Crippen molar-refractivity contribution in [1.82, 2.24) is 4.98 Å². The van der Waals surface area contributed by atoms with Crippen LogP contribution in [0.4, 0.5) is 11.4 Å². The van der Waals surface area contributed by atoms with E-state index in [1.165, 1.54) is 5.69 Å². The third-order valence-electron chi connectivity index (χ3n) is 6.20. The fraction of sp³-hybridized carbons (Fsp3) is 0.172. The van der Waals surface area contributed by atoms with Crippen LogP contribution in [0.3, 0.4) is 0 Å². The molecule has 0 saturated heterocycles. The molecule has 0 spiro atoms. The second kappa shape index (κ2) is 9.50. The second-order valence-electron chi connectivity index (χ2n) is 8.27. The van der Waals surface area contributed by atoms with E-state index in [0.29, 0.717) is 34.0 Å². The number of fused-ring (bicyclic) bond motifs is 2. The lowest BCUT2D eigenvalue weighted by Gasteiger charge is -2.20. The summed E-state index contributed by atoms with van der Waals surface area (Å²) >= 11 is 0. The van der Waals surface area contributed by atoms with Crippen molar-refractivity contribution in [1.29, 1.82) is 0 Å². The number of benzene rings is 4. The van der Waals surface area contributed by atoms with Crippen LogP contribution in [0.25, 0.3) is 33.3 Å². The number of amides is 1. The second-order valence-corrected chi connectivity index (χ2v) is 8.27. The summed E-state index contributed by atoms with van der Waals surface area (Å²) in [4.78, 5) is 20.0. The van der Waals surface area contributed by atoms with Crippen molar-refractivity contribution in [3.8, 4) is 17.2 Å². The molecule has 0 aliphatic heterocycles. The first kappa shape index (κ1) is 22.5. The monoisotopic (exact) mass is 465 g/mol. The predicted octanol–water partition coefficient (Wildman–Crippen LogP) is 6.76. The van der Waals surface area contributed by atoms with Crippen molar-refractivity contribution in [2.75, 3.05) is 30.4 Å². The number of aromatic nitrogens is 1. The number of hydrogen-bond donors (Lipinski definition) is 1. The first-order valence-corrected chi connectivity index (χ1v) is 11.7. The molecule has 6 heteroatoms. The Bertz CT molecular complexity index is 1500. The Morgan fingerprint density at radius 1 is 0.943 bits per heavy atom. The van der Waals surface area contributed by atoms with Gasteiger partial charge in [0.2, 0.25) is 5.89 Å². The minimum atomic E-state index is -0.248. The number of methoxy groups -OCH3 is 1. The zero-order valence-corrected chi connectivity index (χ0v) is 20.0.